The molecule has 1 fully saturated rings. The number of nitrogens with zero attached hydrogens (tertiary/aromatic N) is 2. The summed E-state index contributed by atoms with van der Waals surface area (Å²) in [5.41, 5.74) is 6.44. The number of nitrogens with two attached hydrogens (primary N) is 1. The van der Waals surface area contributed by atoms with Gasteiger partial charge in [-0.05, 0) is 30.2 Å². The molecule has 2 aromatic rings. The highest BCUT2D eigenvalue weighted by Gasteiger charge is 2.33. The lowest BCUT2D eigenvalue weighted by molar-refractivity contribution is -0.123. The van der Waals surface area contributed by atoms with Gasteiger partial charge in [-0.2, -0.15) is 9.57 Å². The Hall–Kier alpha value is -3.26. The van der Waals surface area contributed by atoms with E-state index < -0.39 is 28.0 Å². The van der Waals surface area contributed by atoms with Gasteiger partial charge in [0.2, 0.25) is 21.8 Å². The van der Waals surface area contributed by atoms with Crippen LogP contribution in [0.25, 0.3) is 0 Å². The van der Waals surface area contributed by atoms with E-state index >= 15 is 0 Å². The molecule has 0 radical (unpaired) electrons. The van der Waals surface area contributed by atoms with Gasteiger partial charge in [-0.3, -0.25) is 9.59 Å². The molecule has 1 aliphatic rings. The molecule has 0 saturated carbocycles. The van der Waals surface area contributed by atoms with Gasteiger partial charge in [0.1, 0.15) is 6.07 Å². The number of rotatable bonds is 9. The molecule has 0 spiro atoms. The van der Waals surface area contributed by atoms with Crippen LogP contribution in [-0.4, -0.2) is 56.9 Å². The highest BCUT2D eigenvalue weighted by atomic mass is 32.2. The number of primary amides is 1. The van der Waals surface area contributed by atoms with Crippen molar-refractivity contribution in [3.8, 4) is 6.07 Å². The number of benzene rings is 2. The summed E-state index contributed by atoms with van der Waals surface area (Å²) in [4.78, 5) is 24.8. The number of ether oxygens (including phenoxy) is 1. The predicted octanol–water partition coefficient (Wildman–Crippen LogP) is 1.75. The highest BCUT2D eigenvalue weighted by Crippen LogP contribution is 2.26. The zero-order chi connectivity index (χ0) is 24.7. The normalized spacial score (nSPS) is 17.5. The van der Waals surface area contributed by atoms with Gasteiger partial charge in [-0.25, -0.2) is 8.42 Å². The molecule has 2 aromatic carbocycles. The Morgan fingerprint density at radius 2 is 1.94 bits per heavy atom. The Bertz CT molecular complexity index is 1190. The molecule has 10 heteroatoms. The predicted molar refractivity (Wildman–Crippen MR) is 125 cm³/mol. The van der Waals surface area contributed by atoms with Crippen LogP contribution in [-0.2, 0) is 19.6 Å². The third kappa shape index (κ3) is 5.62. The van der Waals surface area contributed by atoms with Crippen LogP contribution in [0.2, 0.25) is 0 Å². The van der Waals surface area contributed by atoms with Crippen LogP contribution < -0.4 is 11.1 Å². The van der Waals surface area contributed by atoms with E-state index in [2.05, 4.69) is 5.32 Å². The first kappa shape index (κ1) is 25.4. The summed E-state index contributed by atoms with van der Waals surface area (Å²) < 4.78 is 33.2. The molecule has 0 aromatic heterocycles. The molecule has 0 bridgehead atoms. The average Bonchev–Trinajstić information content (AvgIpc) is 2.86. The summed E-state index contributed by atoms with van der Waals surface area (Å²) in [5, 5.41) is 12.1. The SMILES string of the molecule is CCC[C@H](C(=O)NCC1CN(S(=O)(=O)c2ccccc2C#N)CCO1)c1ccccc1C(N)=O. The summed E-state index contributed by atoms with van der Waals surface area (Å²) in [6.45, 7) is 2.40. The summed E-state index contributed by atoms with van der Waals surface area (Å²) in [6, 6.07) is 14.7. The first-order valence-electron chi connectivity index (χ1n) is 11.1. The Labute approximate surface area is 199 Å². The van der Waals surface area contributed by atoms with Crippen molar-refractivity contribution < 1.29 is 22.7 Å². The van der Waals surface area contributed by atoms with Crippen LogP contribution in [0.5, 0.6) is 0 Å². The van der Waals surface area contributed by atoms with Crippen LogP contribution in [0.15, 0.2) is 53.4 Å². The number of hydrogen-bond acceptors (Lipinski definition) is 6. The van der Waals surface area contributed by atoms with Gasteiger partial charge in [0, 0.05) is 25.2 Å². The second kappa shape index (κ2) is 11.2. The number of amides is 2. The van der Waals surface area contributed by atoms with E-state index in [4.69, 9.17) is 10.5 Å². The average molecular weight is 485 g/mol. The molecule has 3 N–H and O–H groups in total. The van der Waals surface area contributed by atoms with E-state index in [-0.39, 0.29) is 42.6 Å². The van der Waals surface area contributed by atoms with Crippen molar-refractivity contribution in [3.05, 3.63) is 65.2 Å². The highest BCUT2D eigenvalue weighted by molar-refractivity contribution is 7.89. The van der Waals surface area contributed by atoms with Crippen LogP contribution in [0.3, 0.4) is 0 Å². The van der Waals surface area contributed by atoms with E-state index in [0.717, 1.165) is 6.42 Å². The quantitative estimate of drug-likeness (QED) is 0.555. The van der Waals surface area contributed by atoms with Crippen molar-refractivity contribution in [3.63, 3.8) is 0 Å². The Kier molecular flexibility index (Phi) is 8.39. The minimum absolute atomic E-state index is 0.0404. The molecule has 2 atom stereocenters. The molecule has 1 heterocycles. The molecule has 1 saturated heterocycles. The molecule has 34 heavy (non-hydrogen) atoms. The fraction of sp³-hybridized carbons (Fsp3) is 0.375. The topological polar surface area (TPSA) is 143 Å². The molecule has 3 rings (SSSR count). The molecular formula is C24H28N4O5S. The second-order valence-electron chi connectivity index (χ2n) is 8.00. The molecule has 1 unspecified atom stereocenters. The zero-order valence-electron chi connectivity index (χ0n) is 18.9. The fourth-order valence-electron chi connectivity index (χ4n) is 4.04. The molecule has 9 nitrogen and oxygen atoms in total. The van der Waals surface area contributed by atoms with Gasteiger partial charge in [-0.15, -0.1) is 0 Å². The molecular weight excluding hydrogens is 456 g/mol. The molecule has 1 aliphatic heterocycles. The summed E-state index contributed by atoms with van der Waals surface area (Å²) in [6.07, 6.45) is 0.679. The Balaban J connectivity index is 1.71. The summed E-state index contributed by atoms with van der Waals surface area (Å²) in [7, 11) is -3.89. The lowest BCUT2D eigenvalue weighted by Crippen LogP contribution is -2.50. The maximum Gasteiger partial charge on any atom is 0.249 e. The van der Waals surface area contributed by atoms with E-state index in [1.807, 2.05) is 13.0 Å². The summed E-state index contributed by atoms with van der Waals surface area (Å²) in [5.74, 6) is -1.45. The smallest absolute Gasteiger partial charge is 0.249 e. The Morgan fingerprint density at radius 3 is 2.65 bits per heavy atom. The van der Waals surface area contributed by atoms with E-state index in [1.54, 1.807) is 36.4 Å². The zero-order valence-corrected chi connectivity index (χ0v) is 19.8. The third-order valence-corrected chi connectivity index (χ3v) is 7.65. The number of morpholine rings is 1. The number of carbonyl (C=O) groups excluding carboxylic acids is 2. The van der Waals surface area contributed by atoms with Crippen molar-refractivity contribution in [2.75, 3.05) is 26.2 Å². The maximum absolute atomic E-state index is 13.1. The van der Waals surface area contributed by atoms with Gasteiger partial charge < -0.3 is 15.8 Å². The van der Waals surface area contributed by atoms with E-state index in [9.17, 15) is 23.3 Å². The number of sulfonamides is 1. The van der Waals surface area contributed by atoms with E-state index in [1.165, 1.54) is 16.4 Å². The van der Waals surface area contributed by atoms with Gasteiger partial charge in [0.25, 0.3) is 0 Å². The monoisotopic (exact) mass is 484 g/mol. The lowest BCUT2D eigenvalue weighted by atomic mass is 9.89. The largest absolute Gasteiger partial charge is 0.374 e. The number of carbonyl (C=O) groups is 2. The van der Waals surface area contributed by atoms with Gasteiger partial charge in [0.15, 0.2) is 0 Å². The minimum Gasteiger partial charge on any atom is -0.374 e. The van der Waals surface area contributed by atoms with Crippen molar-refractivity contribution >= 4 is 21.8 Å². The second-order valence-corrected chi connectivity index (χ2v) is 9.91. The fourth-order valence-corrected chi connectivity index (χ4v) is 5.63. The molecule has 180 valence electrons. The maximum atomic E-state index is 13.1. The Morgan fingerprint density at radius 1 is 1.24 bits per heavy atom. The first-order valence-corrected chi connectivity index (χ1v) is 12.5. The van der Waals surface area contributed by atoms with Crippen molar-refractivity contribution in [2.24, 2.45) is 5.73 Å². The van der Waals surface area contributed by atoms with Crippen LogP contribution >= 0.6 is 0 Å². The van der Waals surface area contributed by atoms with Crippen LogP contribution in [0.4, 0.5) is 0 Å². The number of nitriles is 1. The van der Waals surface area contributed by atoms with Crippen molar-refractivity contribution in [1.29, 1.82) is 5.26 Å². The molecule has 2 amide bonds. The number of nitrogens with one attached hydrogen (secondary N) is 1. The van der Waals surface area contributed by atoms with E-state index in [0.29, 0.717) is 17.5 Å². The van der Waals surface area contributed by atoms with Gasteiger partial charge in [0.05, 0.1) is 29.1 Å². The first-order chi connectivity index (χ1) is 16.3. The lowest BCUT2D eigenvalue weighted by Gasteiger charge is -2.32. The molecule has 0 aliphatic carbocycles. The summed E-state index contributed by atoms with van der Waals surface area (Å²) >= 11 is 0. The minimum atomic E-state index is -3.89. The number of hydrogen-bond donors (Lipinski definition) is 2. The van der Waals surface area contributed by atoms with Gasteiger partial charge in [-0.1, -0.05) is 43.7 Å². The van der Waals surface area contributed by atoms with Crippen molar-refractivity contribution in [1.82, 2.24) is 9.62 Å². The standard InChI is InChI=1S/C24H28N4O5S/c1-2-7-21(19-9-4-5-10-20(19)23(26)29)24(30)27-15-18-16-28(12-13-33-18)34(31,32)22-11-6-3-8-17(22)14-25/h3-6,8-11,18,21H,2,7,12-13,15-16H2,1H3,(H2,26,29)(H,27,30)/t18?,21-/m0/s1. The van der Waals surface area contributed by atoms with Crippen molar-refractivity contribution in [2.45, 2.75) is 36.7 Å². The van der Waals surface area contributed by atoms with Crippen LogP contribution in [0.1, 0.15) is 47.2 Å². The van der Waals surface area contributed by atoms with Gasteiger partial charge >= 0.3 is 0 Å². The van der Waals surface area contributed by atoms with Crippen LogP contribution in [0, 0.1) is 11.3 Å². The third-order valence-electron chi connectivity index (χ3n) is 5.73.